The minimum absolute atomic E-state index is 0.272. The Hall–Kier alpha value is -2.51. The Balaban J connectivity index is 1.96. The summed E-state index contributed by atoms with van der Waals surface area (Å²) in [5, 5.41) is 3.38. The second kappa shape index (κ2) is 8.71. The molecule has 0 saturated carbocycles. The van der Waals surface area contributed by atoms with Gasteiger partial charge in [0.25, 0.3) is 0 Å². The molecule has 0 aliphatic rings. The molecule has 1 aromatic carbocycles. The molecule has 0 aliphatic carbocycles. The molecule has 0 spiro atoms. The van der Waals surface area contributed by atoms with E-state index in [1.165, 1.54) is 0 Å². The summed E-state index contributed by atoms with van der Waals surface area (Å²) in [6.07, 6.45) is 6.97. The molecule has 0 unspecified atom stereocenters. The molecule has 4 heteroatoms. The highest BCUT2D eigenvalue weighted by Crippen LogP contribution is 2.18. The van der Waals surface area contributed by atoms with Crippen LogP contribution in [-0.2, 0) is 13.1 Å². The van der Waals surface area contributed by atoms with E-state index in [-0.39, 0.29) is 6.61 Å². The van der Waals surface area contributed by atoms with E-state index >= 15 is 0 Å². The predicted octanol–water partition coefficient (Wildman–Crippen LogP) is 2.78. The predicted molar refractivity (Wildman–Crippen MR) is 86.7 cm³/mol. The summed E-state index contributed by atoms with van der Waals surface area (Å²) in [7, 11) is 0. The molecule has 0 aliphatic heterocycles. The third-order valence-electron chi connectivity index (χ3n) is 3.05. The largest absolute Gasteiger partial charge is 0.481 e. The van der Waals surface area contributed by atoms with Gasteiger partial charge in [-0.15, -0.1) is 6.42 Å². The van der Waals surface area contributed by atoms with Crippen molar-refractivity contribution in [2.45, 2.75) is 20.0 Å². The molecule has 2 rings (SSSR count). The van der Waals surface area contributed by atoms with Crippen molar-refractivity contribution in [1.82, 2.24) is 10.3 Å². The zero-order valence-corrected chi connectivity index (χ0v) is 12.7. The van der Waals surface area contributed by atoms with Gasteiger partial charge < -0.3 is 14.8 Å². The van der Waals surface area contributed by atoms with Gasteiger partial charge in [0.15, 0.2) is 0 Å². The molecule has 2 aromatic rings. The molecule has 0 amide bonds. The van der Waals surface area contributed by atoms with Crippen LogP contribution in [-0.4, -0.2) is 18.2 Å². The third kappa shape index (κ3) is 4.51. The lowest BCUT2D eigenvalue weighted by Crippen LogP contribution is -2.15. The zero-order valence-electron chi connectivity index (χ0n) is 12.7. The van der Waals surface area contributed by atoms with Gasteiger partial charge in [-0.3, -0.25) is 0 Å². The van der Waals surface area contributed by atoms with Gasteiger partial charge in [0.05, 0.1) is 6.61 Å². The van der Waals surface area contributed by atoms with Crippen molar-refractivity contribution in [3.63, 3.8) is 0 Å². The Morgan fingerprint density at radius 2 is 1.86 bits per heavy atom. The second-order valence-corrected chi connectivity index (χ2v) is 4.60. The van der Waals surface area contributed by atoms with Gasteiger partial charge in [0.1, 0.15) is 12.4 Å². The first kappa shape index (κ1) is 15.9. The van der Waals surface area contributed by atoms with Crippen LogP contribution >= 0.6 is 0 Å². The number of rotatable bonds is 8. The summed E-state index contributed by atoms with van der Waals surface area (Å²) >= 11 is 0. The number of benzene rings is 1. The van der Waals surface area contributed by atoms with Crippen molar-refractivity contribution in [3.8, 4) is 24.0 Å². The van der Waals surface area contributed by atoms with Crippen LogP contribution in [0.25, 0.3) is 0 Å². The molecule has 4 nitrogen and oxygen atoms in total. The van der Waals surface area contributed by atoms with Crippen LogP contribution in [0.3, 0.4) is 0 Å². The van der Waals surface area contributed by atoms with Crippen LogP contribution in [0.15, 0.2) is 42.6 Å². The van der Waals surface area contributed by atoms with Crippen molar-refractivity contribution in [2.24, 2.45) is 0 Å². The van der Waals surface area contributed by atoms with Gasteiger partial charge in [-0.1, -0.05) is 30.2 Å². The van der Waals surface area contributed by atoms with Crippen molar-refractivity contribution in [2.75, 3.05) is 13.2 Å². The number of hydrogen-bond donors (Lipinski definition) is 1. The lowest BCUT2D eigenvalue weighted by atomic mass is 10.2. The van der Waals surface area contributed by atoms with E-state index in [9.17, 15) is 0 Å². The molecular formula is C18H20N2O2. The average Bonchev–Trinajstić information content (AvgIpc) is 2.56. The van der Waals surface area contributed by atoms with E-state index in [1.54, 1.807) is 6.20 Å². The van der Waals surface area contributed by atoms with Crippen LogP contribution in [0.2, 0.25) is 0 Å². The molecule has 114 valence electrons. The first-order valence-corrected chi connectivity index (χ1v) is 7.26. The molecule has 0 atom stereocenters. The van der Waals surface area contributed by atoms with Crippen molar-refractivity contribution in [1.29, 1.82) is 0 Å². The fourth-order valence-corrected chi connectivity index (χ4v) is 2.07. The number of para-hydroxylation sites is 1. The number of hydrogen-bond acceptors (Lipinski definition) is 4. The number of aromatic nitrogens is 1. The maximum absolute atomic E-state index is 5.54. The number of terminal acetylenes is 1. The lowest BCUT2D eigenvalue weighted by molar-refractivity contribution is 0.321. The lowest BCUT2D eigenvalue weighted by Gasteiger charge is -2.12. The van der Waals surface area contributed by atoms with Gasteiger partial charge in [0, 0.05) is 30.4 Å². The second-order valence-electron chi connectivity index (χ2n) is 4.60. The quantitative estimate of drug-likeness (QED) is 0.761. The average molecular weight is 296 g/mol. The number of pyridine rings is 1. The monoisotopic (exact) mass is 296 g/mol. The van der Waals surface area contributed by atoms with E-state index in [0.29, 0.717) is 25.6 Å². The summed E-state index contributed by atoms with van der Waals surface area (Å²) in [4.78, 5) is 4.24. The van der Waals surface area contributed by atoms with Gasteiger partial charge in [-0.05, 0) is 19.1 Å². The van der Waals surface area contributed by atoms with E-state index in [0.717, 1.165) is 16.9 Å². The minimum Gasteiger partial charge on any atom is -0.481 e. The van der Waals surface area contributed by atoms with Crippen molar-refractivity contribution >= 4 is 0 Å². The topological polar surface area (TPSA) is 43.4 Å². The smallest absolute Gasteiger partial charge is 0.217 e. The highest BCUT2D eigenvalue weighted by molar-refractivity contribution is 5.33. The van der Waals surface area contributed by atoms with Crippen LogP contribution in [0.5, 0.6) is 11.6 Å². The van der Waals surface area contributed by atoms with Gasteiger partial charge in [-0.25, -0.2) is 4.98 Å². The molecule has 0 fully saturated rings. The fourth-order valence-electron chi connectivity index (χ4n) is 2.07. The van der Waals surface area contributed by atoms with E-state index in [4.69, 9.17) is 15.9 Å². The van der Waals surface area contributed by atoms with Gasteiger partial charge in [-0.2, -0.15) is 0 Å². The van der Waals surface area contributed by atoms with Gasteiger partial charge >= 0.3 is 0 Å². The Morgan fingerprint density at radius 1 is 1.09 bits per heavy atom. The summed E-state index contributed by atoms with van der Waals surface area (Å²) < 4.78 is 11.1. The van der Waals surface area contributed by atoms with Crippen LogP contribution < -0.4 is 14.8 Å². The molecular weight excluding hydrogens is 276 g/mol. The maximum Gasteiger partial charge on any atom is 0.217 e. The first-order valence-electron chi connectivity index (χ1n) is 7.26. The first-order chi connectivity index (χ1) is 10.8. The van der Waals surface area contributed by atoms with Crippen LogP contribution in [0.1, 0.15) is 18.1 Å². The number of ether oxygens (including phenoxy) is 2. The molecule has 0 radical (unpaired) electrons. The third-order valence-corrected chi connectivity index (χ3v) is 3.05. The Bertz CT molecular complexity index is 635. The van der Waals surface area contributed by atoms with Crippen molar-refractivity contribution in [3.05, 3.63) is 53.7 Å². The molecule has 22 heavy (non-hydrogen) atoms. The maximum atomic E-state index is 5.54. The fraction of sp³-hybridized carbons (Fsp3) is 0.278. The van der Waals surface area contributed by atoms with E-state index in [1.807, 2.05) is 43.3 Å². The van der Waals surface area contributed by atoms with Crippen molar-refractivity contribution < 1.29 is 9.47 Å². The van der Waals surface area contributed by atoms with Gasteiger partial charge in [0.2, 0.25) is 5.88 Å². The molecule has 0 bridgehead atoms. The summed E-state index contributed by atoms with van der Waals surface area (Å²) in [5.41, 5.74) is 2.10. The standard InChI is InChI=1S/C18H20N2O2/c1-3-12-22-17-10-6-5-8-15(17)13-19-14-16-9-7-11-20-18(16)21-4-2/h1,5-11,19H,4,12-14H2,2H3. The molecule has 0 saturated heterocycles. The Kier molecular flexibility index (Phi) is 6.28. The summed E-state index contributed by atoms with van der Waals surface area (Å²) in [5.74, 6) is 3.96. The zero-order chi connectivity index (χ0) is 15.6. The Morgan fingerprint density at radius 3 is 2.68 bits per heavy atom. The summed E-state index contributed by atoms with van der Waals surface area (Å²) in [6, 6.07) is 11.8. The molecule has 1 heterocycles. The van der Waals surface area contributed by atoms with E-state index < -0.39 is 0 Å². The number of nitrogens with zero attached hydrogens (tertiary/aromatic N) is 1. The molecule has 1 aromatic heterocycles. The highest BCUT2D eigenvalue weighted by Gasteiger charge is 2.05. The summed E-state index contributed by atoms with van der Waals surface area (Å²) in [6.45, 7) is 4.18. The molecule has 1 N–H and O–H groups in total. The minimum atomic E-state index is 0.272. The number of nitrogens with one attached hydrogen (secondary N) is 1. The highest BCUT2D eigenvalue weighted by atomic mass is 16.5. The SMILES string of the molecule is C#CCOc1ccccc1CNCc1cccnc1OCC. The van der Waals surface area contributed by atoms with Crippen LogP contribution in [0, 0.1) is 12.3 Å². The van der Waals surface area contributed by atoms with Crippen LogP contribution in [0.4, 0.5) is 0 Å². The van der Waals surface area contributed by atoms with E-state index in [2.05, 4.69) is 16.2 Å². The normalized spacial score (nSPS) is 10.0. The Labute approximate surface area is 131 Å².